The summed E-state index contributed by atoms with van der Waals surface area (Å²) in [4.78, 5) is 35.6. The topological polar surface area (TPSA) is 96.5 Å². The van der Waals surface area contributed by atoms with Crippen LogP contribution in [0.1, 0.15) is 40.5 Å². The van der Waals surface area contributed by atoms with Crippen molar-refractivity contribution in [1.82, 2.24) is 10.9 Å². The van der Waals surface area contributed by atoms with Crippen molar-refractivity contribution < 1.29 is 19.1 Å². The first-order valence-corrected chi connectivity index (χ1v) is 8.18. The second-order valence-corrected chi connectivity index (χ2v) is 5.51. The van der Waals surface area contributed by atoms with E-state index in [-0.39, 0.29) is 5.91 Å². The maximum Gasteiger partial charge on any atom is 0.269 e. The van der Waals surface area contributed by atoms with Crippen LogP contribution in [0.25, 0.3) is 0 Å². The highest BCUT2D eigenvalue weighted by Gasteiger charge is 2.10. The van der Waals surface area contributed by atoms with E-state index >= 15 is 0 Å². The van der Waals surface area contributed by atoms with Crippen molar-refractivity contribution >= 4 is 23.4 Å². The minimum atomic E-state index is -0.460. The number of methoxy groups -OCH3 is 1. The van der Waals surface area contributed by atoms with Gasteiger partial charge in [-0.2, -0.15) is 0 Å². The van der Waals surface area contributed by atoms with E-state index in [1.807, 2.05) is 6.92 Å². The Kier molecular flexibility index (Phi) is 6.73. The predicted octanol–water partition coefficient (Wildman–Crippen LogP) is 2.51. The Hall–Kier alpha value is -3.35. The molecule has 7 nitrogen and oxygen atoms in total. The van der Waals surface area contributed by atoms with Crippen molar-refractivity contribution in [3.8, 4) is 5.75 Å². The van der Waals surface area contributed by atoms with Gasteiger partial charge in [0.05, 0.1) is 7.11 Å². The average molecular weight is 355 g/mol. The van der Waals surface area contributed by atoms with Gasteiger partial charge in [-0.3, -0.25) is 25.2 Å². The number of hydrazine groups is 1. The van der Waals surface area contributed by atoms with Crippen LogP contribution in [0.2, 0.25) is 0 Å². The number of benzene rings is 2. The fourth-order valence-corrected chi connectivity index (χ4v) is 2.16. The second kappa shape index (κ2) is 9.22. The van der Waals surface area contributed by atoms with Crippen molar-refractivity contribution in [3.05, 3.63) is 59.7 Å². The van der Waals surface area contributed by atoms with E-state index in [4.69, 9.17) is 4.74 Å². The van der Waals surface area contributed by atoms with E-state index in [0.29, 0.717) is 29.0 Å². The molecule has 0 spiro atoms. The molecule has 0 aliphatic heterocycles. The monoisotopic (exact) mass is 355 g/mol. The van der Waals surface area contributed by atoms with Crippen LogP contribution in [-0.4, -0.2) is 24.8 Å². The molecule has 0 atom stereocenters. The quantitative estimate of drug-likeness (QED) is 0.694. The first-order chi connectivity index (χ1) is 12.5. The molecule has 0 bridgehead atoms. The highest BCUT2D eigenvalue weighted by Crippen LogP contribution is 2.12. The van der Waals surface area contributed by atoms with Gasteiger partial charge >= 0.3 is 0 Å². The molecule has 136 valence electrons. The number of hydrogen-bond acceptors (Lipinski definition) is 4. The SMILES string of the molecule is CCCC(=O)Nc1ccc(C(=O)NNC(=O)c2ccc(OC)cc2)cc1. The molecule has 0 saturated carbocycles. The van der Waals surface area contributed by atoms with E-state index in [9.17, 15) is 14.4 Å². The summed E-state index contributed by atoms with van der Waals surface area (Å²) in [7, 11) is 1.54. The Morgan fingerprint density at radius 3 is 1.81 bits per heavy atom. The Morgan fingerprint density at radius 1 is 0.846 bits per heavy atom. The van der Waals surface area contributed by atoms with Gasteiger partial charge in [0.25, 0.3) is 11.8 Å². The maximum absolute atomic E-state index is 12.1. The lowest BCUT2D eigenvalue weighted by Gasteiger charge is -2.09. The number of nitrogens with one attached hydrogen (secondary N) is 3. The van der Waals surface area contributed by atoms with E-state index in [1.54, 1.807) is 48.5 Å². The number of hydrogen-bond donors (Lipinski definition) is 3. The predicted molar refractivity (Wildman–Crippen MR) is 97.9 cm³/mol. The fraction of sp³-hybridized carbons (Fsp3) is 0.211. The molecule has 3 amide bonds. The summed E-state index contributed by atoms with van der Waals surface area (Å²) in [5, 5.41) is 2.74. The molecule has 0 unspecified atom stereocenters. The largest absolute Gasteiger partial charge is 0.497 e. The summed E-state index contributed by atoms with van der Waals surface area (Å²) in [6, 6.07) is 12.9. The molecule has 2 rings (SSSR count). The van der Waals surface area contributed by atoms with E-state index in [0.717, 1.165) is 6.42 Å². The number of carbonyl (C=O) groups excluding carboxylic acids is 3. The van der Waals surface area contributed by atoms with Crippen molar-refractivity contribution in [2.75, 3.05) is 12.4 Å². The molecule has 0 aliphatic carbocycles. The van der Waals surface area contributed by atoms with Crippen molar-refractivity contribution in [2.24, 2.45) is 0 Å². The molecule has 26 heavy (non-hydrogen) atoms. The zero-order valence-electron chi connectivity index (χ0n) is 14.7. The zero-order valence-corrected chi connectivity index (χ0v) is 14.7. The molecule has 0 saturated heterocycles. The lowest BCUT2D eigenvalue weighted by atomic mass is 10.2. The van der Waals surface area contributed by atoms with Crippen LogP contribution in [0.4, 0.5) is 5.69 Å². The summed E-state index contributed by atoms with van der Waals surface area (Å²) in [6.45, 7) is 1.92. The summed E-state index contributed by atoms with van der Waals surface area (Å²) in [5.74, 6) is -0.337. The normalized spacial score (nSPS) is 9.92. The van der Waals surface area contributed by atoms with Crippen LogP contribution in [0, 0.1) is 0 Å². The number of ether oxygens (including phenoxy) is 1. The Balaban J connectivity index is 1.88. The van der Waals surface area contributed by atoms with Crippen molar-refractivity contribution in [2.45, 2.75) is 19.8 Å². The van der Waals surface area contributed by atoms with Gasteiger partial charge in [-0.25, -0.2) is 0 Å². The summed E-state index contributed by atoms with van der Waals surface area (Å²) < 4.78 is 5.02. The highest BCUT2D eigenvalue weighted by atomic mass is 16.5. The minimum absolute atomic E-state index is 0.0727. The first kappa shape index (κ1) is 19.0. The van der Waals surface area contributed by atoms with Crippen LogP contribution in [0.5, 0.6) is 5.75 Å². The molecule has 3 N–H and O–H groups in total. The average Bonchev–Trinajstić information content (AvgIpc) is 2.66. The molecule has 0 radical (unpaired) electrons. The third kappa shape index (κ3) is 5.34. The van der Waals surface area contributed by atoms with Gasteiger partial charge in [-0.05, 0) is 55.0 Å². The van der Waals surface area contributed by atoms with Gasteiger partial charge in [0.2, 0.25) is 5.91 Å². The van der Waals surface area contributed by atoms with Crippen LogP contribution < -0.4 is 20.9 Å². The lowest BCUT2D eigenvalue weighted by Crippen LogP contribution is -2.41. The Bertz CT molecular complexity index is 770. The lowest BCUT2D eigenvalue weighted by molar-refractivity contribution is -0.116. The molecule has 0 heterocycles. The molecule has 0 aliphatic rings. The van der Waals surface area contributed by atoms with Gasteiger partial charge in [-0.1, -0.05) is 6.92 Å². The van der Waals surface area contributed by atoms with Crippen LogP contribution in [0.15, 0.2) is 48.5 Å². The van der Waals surface area contributed by atoms with Gasteiger partial charge in [0.15, 0.2) is 0 Å². The molecule has 0 aromatic heterocycles. The number of anilines is 1. The molecule has 2 aromatic carbocycles. The van der Waals surface area contributed by atoms with Crippen LogP contribution >= 0.6 is 0 Å². The van der Waals surface area contributed by atoms with E-state index in [1.165, 1.54) is 7.11 Å². The van der Waals surface area contributed by atoms with E-state index in [2.05, 4.69) is 16.2 Å². The molecule has 0 fully saturated rings. The number of rotatable bonds is 6. The van der Waals surface area contributed by atoms with Gasteiger partial charge in [0, 0.05) is 23.2 Å². The first-order valence-electron chi connectivity index (χ1n) is 8.18. The fourth-order valence-electron chi connectivity index (χ4n) is 2.16. The third-order valence-electron chi connectivity index (χ3n) is 3.55. The molecule has 2 aromatic rings. The minimum Gasteiger partial charge on any atom is -0.497 e. The maximum atomic E-state index is 12.1. The summed E-state index contributed by atoms with van der Waals surface area (Å²) in [6.07, 6.45) is 1.21. The standard InChI is InChI=1S/C19H21N3O4/c1-3-4-17(23)20-15-9-5-13(6-10-15)18(24)21-22-19(25)14-7-11-16(26-2)12-8-14/h5-12H,3-4H2,1-2H3,(H,20,23)(H,21,24)(H,22,25). The Morgan fingerprint density at radius 2 is 1.35 bits per heavy atom. The van der Waals surface area contributed by atoms with Crippen molar-refractivity contribution in [1.29, 1.82) is 0 Å². The number of carbonyl (C=O) groups is 3. The number of amides is 3. The van der Waals surface area contributed by atoms with Gasteiger partial charge < -0.3 is 10.1 Å². The highest BCUT2D eigenvalue weighted by molar-refractivity contribution is 5.99. The third-order valence-corrected chi connectivity index (χ3v) is 3.55. The summed E-state index contributed by atoms with van der Waals surface area (Å²) in [5.41, 5.74) is 6.06. The summed E-state index contributed by atoms with van der Waals surface area (Å²) >= 11 is 0. The molecule has 7 heteroatoms. The van der Waals surface area contributed by atoms with Gasteiger partial charge in [-0.15, -0.1) is 0 Å². The zero-order chi connectivity index (χ0) is 18.9. The Labute approximate surface area is 151 Å². The van der Waals surface area contributed by atoms with Gasteiger partial charge in [0.1, 0.15) is 5.75 Å². The molecular weight excluding hydrogens is 334 g/mol. The van der Waals surface area contributed by atoms with Crippen molar-refractivity contribution in [3.63, 3.8) is 0 Å². The smallest absolute Gasteiger partial charge is 0.269 e. The van der Waals surface area contributed by atoms with Crippen LogP contribution in [-0.2, 0) is 4.79 Å². The van der Waals surface area contributed by atoms with E-state index < -0.39 is 11.8 Å². The second-order valence-electron chi connectivity index (χ2n) is 5.51. The van der Waals surface area contributed by atoms with Crippen LogP contribution in [0.3, 0.4) is 0 Å². The molecular formula is C19H21N3O4.